The SMILES string of the molecule is CC(=O)NC1(C(=O)NCc2cc(OC(F)(F)F)ccc2F)C=NC=CN1. The molecule has 0 radical (unpaired) electrons. The Morgan fingerprint density at radius 1 is 1.35 bits per heavy atom. The Labute approximate surface area is 145 Å². The first-order chi connectivity index (χ1) is 12.1. The number of halogens is 4. The van der Waals surface area contributed by atoms with E-state index in [0.717, 1.165) is 24.4 Å². The van der Waals surface area contributed by atoms with E-state index in [1.54, 1.807) is 0 Å². The van der Waals surface area contributed by atoms with Crippen molar-refractivity contribution >= 4 is 18.0 Å². The van der Waals surface area contributed by atoms with E-state index in [4.69, 9.17) is 0 Å². The number of amides is 2. The van der Waals surface area contributed by atoms with Gasteiger partial charge in [-0.2, -0.15) is 0 Å². The van der Waals surface area contributed by atoms with Crippen molar-refractivity contribution in [3.63, 3.8) is 0 Å². The van der Waals surface area contributed by atoms with Crippen molar-refractivity contribution < 1.29 is 31.9 Å². The number of ether oxygens (including phenoxy) is 1. The Hall–Kier alpha value is -3.11. The van der Waals surface area contributed by atoms with Crippen molar-refractivity contribution in [2.75, 3.05) is 0 Å². The van der Waals surface area contributed by atoms with E-state index in [0.29, 0.717) is 0 Å². The summed E-state index contributed by atoms with van der Waals surface area (Å²) in [5, 5.41) is 7.30. The molecule has 0 saturated carbocycles. The van der Waals surface area contributed by atoms with Crippen LogP contribution in [0.5, 0.6) is 5.75 Å². The zero-order valence-corrected chi connectivity index (χ0v) is 13.4. The molecule has 3 N–H and O–H groups in total. The molecule has 11 heteroatoms. The lowest BCUT2D eigenvalue weighted by Gasteiger charge is -2.30. The molecule has 140 valence electrons. The third-order valence-corrected chi connectivity index (χ3v) is 3.16. The van der Waals surface area contributed by atoms with Crippen LogP contribution in [0.25, 0.3) is 0 Å². The summed E-state index contributed by atoms with van der Waals surface area (Å²) in [7, 11) is 0. The number of aliphatic imine (C=N–C) groups is 1. The summed E-state index contributed by atoms with van der Waals surface area (Å²) in [6.07, 6.45) is -1.15. The molecular weight excluding hydrogens is 360 g/mol. The fourth-order valence-electron chi connectivity index (χ4n) is 2.13. The van der Waals surface area contributed by atoms with Gasteiger partial charge in [-0.15, -0.1) is 13.2 Å². The number of nitrogens with zero attached hydrogens (tertiary/aromatic N) is 1. The van der Waals surface area contributed by atoms with Crippen LogP contribution >= 0.6 is 0 Å². The molecule has 0 saturated heterocycles. The lowest BCUT2D eigenvalue weighted by Crippen LogP contribution is -2.67. The molecule has 1 heterocycles. The lowest BCUT2D eigenvalue weighted by molar-refractivity contribution is -0.274. The summed E-state index contributed by atoms with van der Waals surface area (Å²) in [4.78, 5) is 27.5. The molecule has 1 aliphatic heterocycles. The summed E-state index contributed by atoms with van der Waals surface area (Å²) < 4.78 is 54.2. The van der Waals surface area contributed by atoms with Gasteiger partial charge >= 0.3 is 6.36 Å². The van der Waals surface area contributed by atoms with Gasteiger partial charge in [-0.3, -0.25) is 14.6 Å². The predicted molar refractivity (Wildman–Crippen MR) is 82.2 cm³/mol. The molecule has 0 bridgehead atoms. The van der Waals surface area contributed by atoms with Crippen LogP contribution in [0.2, 0.25) is 0 Å². The summed E-state index contributed by atoms with van der Waals surface area (Å²) in [5.74, 6) is -2.79. The molecule has 1 atom stereocenters. The van der Waals surface area contributed by atoms with E-state index in [-0.39, 0.29) is 5.56 Å². The predicted octanol–water partition coefficient (Wildman–Crippen LogP) is 1.32. The van der Waals surface area contributed by atoms with E-state index in [1.165, 1.54) is 19.3 Å². The summed E-state index contributed by atoms with van der Waals surface area (Å²) in [5.41, 5.74) is -1.93. The van der Waals surface area contributed by atoms with Crippen LogP contribution in [0.1, 0.15) is 12.5 Å². The summed E-state index contributed by atoms with van der Waals surface area (Å²) in [6.45, 7) is 0.737. The van der Waals surface area contributed by atoms with Gasteiger partial charge in [0.2, 0.25) is 11.6 Å². The van der Waals surface area contributed by atoms with Gasteiger partial charge in [0.25, 0.3) is 5.91 Å². The van der Waals surface area contributed by atoms with Crippen molar-refractivity contribution in [3.8, 4) is 5.75 Å². The zero-order chi connectivity index (χ0) is 19.4. The molecule has 2 rings (SSSR count). The number of carbonyl (C=O) groups is 2. The maximum atomic E-state index is 13.8. The van der Waals surface area contributed by atoms with Crippen LogP contribution in [0.4, 0.5) is 17.6 Å². The second-order valence-electron chi connectivity index (χ2n) is 5.21. The monoisotopic (exact) mass is 374 g/mol. The molecule has 26 heavy (non-hydrogen) atoms. The van der Waals surface area contributed by atoms with E-state index >= 15 is 0 Å². The van der Waals surface area contributed by atoms with Crippen molar-refractivity contribution in [2.45, 2.75) is 25.5 Å². The molecule has 2 amide bonds. The number of hydrogen-bond donors (Lipinski definition) is 3. The molecule has 0 aliphatic carbocycles. The number of alkyl halides is 3. The van der Waals surface area contributed by atoms with Crippen molar-refractivity contribution in [1.82, 2.24) is 16.0 Å². The Balaban J connectivity index is 2.12. The Morgan fingerprint density at radius 2 is 2.08 bits per heavy atom. The third-order valence-electron chi connectivity index (χ3n) is 3.16. The second kappa shape index (κ2) is 7.42. The second-order valence-corrected chi connectivity index (χ2v) is 5.21. The lowest BCUT2D eigenvalue weighted by atomic mass is 10.1. The highest BCUT2D eigenvalue weighted by atomic mass is 19.4. The number of hydrogen-bond acceptors (Lipinski definition) is 5. The third kappa shape index (κ3) is 4.94. The number of rotatable bonds is 5. The van der Waals surface area contributed by atoms with Crippen LogP contribution in [0.15, 0.2) is 35.6 Å². The van der Waals surface area contributed by atoms with Crippen molar-refractivity contribution in [2.24, 2.45) is 4.99 Å². The summed E-state index contributed by atoms with van der Waals surface area (Å²) >= 11 is 0. The van der Waals surface area contributed by atoms with E-state index in [1.807, 2.05) is 0 Å². The largest absolute Gasteiger partial charge is 0.573 e. The molecular formula is C15H14F4N4O3. The fraction of sp³-hybridized carbons (Fsp3) is 0.267. The molecule has 1 unspecified atom stereocenters. The minimum absolute atomic E-state index is 0.235. The molecule has 0 aromatic heterocycles. The van der Waals surface area contributed by atoms with Gasteiger partial charge in [0.05, 0.1) is 6.21 Å². The highest BCUT2D eigenvalue weighted by Crippen LogP contribution is 2.24. The smallest absolute Gasteiger partial charge is 0.406 e. The van der Waals surface area contributed by atoms with Gasteiger partial charge in [0.15, 0.2) is 0 Å². The quantitative estimate of drug-likeness (QED) is 0.678. The van der Waals surface area contributed by atoms with E-state index < -0.39 is 42.0 Å². The maximum absolute atomic E-state index is 13.8. The highest BCUT2D eigenvalue weighted by Gasteiger charge is 2.38. The Morgan fingerprint density at radius 3 is 2.65 bits per heavy atom. The first-order valence-corrected chi connectivity index (χ1v) is 7.19. The average molecular weight is 374 g/mol. The van der Waals surface area contributed by atoms with Crippen LogP contribution in [-0.2, 0) is 16.1 Å². The van der Waals surface area contributed by atoms with Crippen LogP contribution < -0.4 is 20.7 Å². The topological polar surface area (TPSA) is 91.8 Å². The highest BCUT2D eigenvalue weighted by molar-refractivity contribution is 6.06. The van der Waals surface area contributed by atoms with Gasteiger partial charge in [-0.05, 0) is 18.2 Å². The zero-order valence-electron chi connectivity index (χ0n) is 13.4. The first-order valence-electron chi connectivity index (χ1n) is 7.19. The minimum atomic E-state index is -4.93. The standard InChI is InChI=1S/C15H14F4N4O3/c1-9(24)23-14(8-20-4-5-22-14)13(25)21-7-10-6-11(2-3-12(10)16)26-15(17,18)19/h2-6,8,22H,7H2,1H3,(H,21,25)(H,23,24). The van der Waals surface area contributed by atoms with Crippen molar-refractivity contribution in [3.05, 3.63) is 42.0 Å². The van der Waals surface area contributed by atoms with Crippen LogP contribution in [0, 0.1) is 5.82 Å². The first kappa shape index (κ1) is 19.2. The van der Waals surface area contributed by atoms with Crippen LogP contribution in [-0.4, -0.2) is 30.1 Å². The molecule has 1 aromatic rings. The van der Waals surface area contributed by atoms with E-state index in [2.05, 4.69) is 25.7 Å². The number of carbonyl (C=O) groups excluding carboxylic acids is 2. The fourth-order valence-corrected chi connectivity index (χ4v) is 2.13. The molecule has 0 spiro atoms. The Kier molecular flexibility index (Phi) is 5.48. The molecule has 0 fully saturated rings. The van der Waals surface area contributed by atoms with E-state index in [9.17, 15) is 27.2 Å². The maximum Gasteiger partial charge on any atom is 0.573 e. The number of nitrogens with one attached hydrogen (secondary N) is 3. The Bertz CT molecular complexity index is 764. The van der Waals surface area contributed by atoms with Gasteiger partial charge < -0.3 is 20.7 Å². The molecule has 7 nitrogen and oxygen atoms in total. The van der Waals surface area contributed by atoms with Gasteiger partial charge in [-0.1, -0.05) is 0 Å². The van der Waals surface area contributed by atoms with Gasteiger partial charge in [0, 0.05) is 31.4 Å². The minimum Gasteiger partial charge on any atom is -0.406 e. The summed E-state index contributed by atoms with van der Waals surface area (Å²) in [6, 6.07) is 2.42. The molecule has 1 aliphatic rings. The normalized spacial score (nSPS) is 18.8. The van der Waals surface area contributed by atoms with Crippen LogP contribution in [0.3, 0.4) is 0 Å². The van der Waals surface area contributed by atoms with Gasteiger partial charge in [0.1, 0.15) is 11.6 Å². The van der Waals surface area contributed by atoms with Gasteiger partial charge in [-0.25, -0.2) is 4.39 Å². The van der Waals surface area contributed by atoms with Crippen molar-refractivity contribution in [1.29, 1.82) is 0 Å². The molecule has 1 aromatic carbocycles. The number of benzene rings is 1. The average Bonchev–Trinajstić information content (AvgIpc) is 2.54.